The largest absolute Gasteiger partial charge is 0.456 e. The van der Waals surface area contributed by atoms with Gasteiger partial charge in [-0.2, -0.15) is 0 Å². The number of hydrogen-bond acceptors (Lipinski definition) is 4. The number of thiazole rings is 1. The second-order valence-electron chi connectivity index (χ2n) is 5.16. The second-order valence-corrected chi connectivity index (χ2v) is 6.03. The Bertz CT molecular complexity index is 950. The number of nitrogens with zero attached hydrogens (tertiary/aromatic N) is 2. The molecule has 0 unspecified atom stereocenters. The fourth-order valence-corrected chi connectivity index (χ4v) is 3.04. The number of hydrogen-bond donors (Lipinski definition) is 1. The van der Waals surface area contributed by atoms with Gasteiger partial charge in [-0.25, -0.2) is 4.98 Å². The summed E-state index contributed by atoms with van der Waals surface area (Å²) in [6.45, 7) is 1.81. The maximum absolute atomic E-state index is 12.0. The van der Waals surface area contributed by atoms with Gasteiger partial charge in [-0.1, -0.05) is 12.1 Å². The van der Waals surface area contributed by atoms with Crippen LogP contribution < -0.4 is 5.32 Å². The summed E-state index contributed by atoms with van der Waals surface area (Å²) in [6.07, 6.45) is 3.97. The number of aryl methyl sites for hydroxylation is 1. The molecular weight excluding hydrogens is 310 g/mol. The van der Waals surface area contributed by atoms with E-state index in [0.717, 1.165) is 16.2 Å². The van der Waals surface area contributed by atoms with Gasteiger partial charge in [0.15, 0.2) is 10.7 Å². The molecule has 5 nitrogen and oxygen atoms in total. The molecule has 3 aromatic heterocycles. The summed E-state index contributed by atoms with van der Waals surface area (Å²) < 4.78 is 7.31. The predicted molar refractivity (Wildman–Crippen MR) is 89.9 cm³/mol. The Hall–Kier alpha value is -2.86. The van der Waals surface area contributed by atoms with E-state index >= 15 is 0 Å². The van der Waals surface area contributed by atoms with E-state index in [1.165, 1.54) is 0 Å². The molecule has 4 rings (SSSR count). The van der Waals surface area contributed by atoms with E-state index in [4.69, 9.17) is 4.42 Å². The van der Waals surface area contributed by atoms with Crippen molar-refractivity contribution in [1.29, 1.82) is 0 Å². The highest BCUT2D eigenvalue weighted by atomic mass is 32.1. The average molecular weight is 323 g/mol. The van der Waals surface area contributed by atoms with Crippen LogP contribution in [-0.4, -0.2) is 15.3 Å². The molecular formula is C17H13N3O2S. The van der Waals surface area contributed by atoms with Crippen molar-refractivity contribution in [3.05, 3.63) is 65.7 Å². The first-order valence-electron chi connectivity index (χ1n) is 7.09. The molecule has 23 heavy (non-hydrogen) atoms. The van der Waals surface area contributed by atoms with Gasteiger partial charge in [0.1, 0.15) is 5.76 Å². The first kappa shape index (κ1) is 13.8. The molecule has 114 valence electrons. The number of rotatable bonds is 3. The number of anilines is 1. The van der Waals surface area contributed by atoms with Gasteiger partial charge in [0.05, 0.1) is 5.69 Å². The van der Waals surface area contributed by atoms with E-state index in [1.807, 2.05) is 46.4 Å². The summed E-state index contributed by atoms with van der Waals surface area (Å²) in [5.74, 6) is 0.763. The molecule has 0 bridgehead atoms. The predicted octanol–water partition coefficient (Wildman–Crippen LogP) is 4.22. The molecule has 0 aliphatic heterocycles. The second kappa shape index (κ2) is 5.40. The van der Waals surface area contributed by atoms with Crippen LogP contribution in [0.1, 0.15) is 16.3 Å². The maximum atomic E-state index is 12.0. The van der Waals surface area contributed by atoms with Crippen LogP contribution in [0.15, 0.2) is 58.6 Å². The van der Waals surface area contributed by atoms with Crippen LogP contribution in [0.3, 0.4) is 0 Å². The number of nitrogens with one attached hydrogen (secondary N) is 1. The number of benzene rings is 1. The van der Waals surface area contributed by atoms with Gasteiger partial charge in [-0.3, -0.25) is 9.20 Å². The van der Waals surface area contributed by atoms with Crippen LogP contribution in [0.25, 0.3) is 16.2 Å². The normalized spacial score (nSPS) is 11.0. The van der Waals surface area contributed by atoms with Gasteiger partial charge in [-0.05, 0) is 31.2 Å². The zero-order valence-corrected chi connectivity index (χ0v) is 13.1. The molecule has 0 aliphatic rings. The van der Waals surface area contributed by atoms with Crippen LogP contribution in [0.2, 0.25) is 0 Å². The fourth-order valence-electron chi connectivity index (χ4n) is 2.34. The van der Waals surface area contributed by atoms with Crippen molar-refractivity contribution in [2.24, 2.45) is 0 Å². The Morgan fingerprint density at radius 2 is 2.04 bits per heavy atom. The first-order valence-corrected chi connectivity index (χ1v) is 7.97. The lowest BCUT2D eigenvalue weighted by Crippen LogP contribution is -2.10. The van der Waals surface area contributed by atoms with Crippen LogP contribution in [0.4, 0.5) is 5.69 Å². The van der Waals surface area contributed by atoms with Crippen molar-refractivity contribution >= 4 is 27.9 Å². The Labute approximate surface area is 136 Å². The topological polar surface area (TPSA) is 59.5 Å². The minimum absolute atomic E-state index is 0.256. The van der Waals surface area contributed by atoms with Gasteiger partial charge >= 0.3 is 0 Å². The van der Waals surface area contributed by atoms with E-state index < -0.39 is 0 Å². The van der Waals surface area contributed by atoms with Crippen molar-refractivity contribution < 1.29 is 9.21 Å². The zero-order chi connectivity index (χ0) is 15.8. The van der Waals surface area contributed by atoms with Crippen LogP contribution in [-0.2, 0) is 0 Å². The number of amides is 1. The summed E-state index contributed by atoms with van der Waals surface area (Å²) in [4.78, 5) is 17.6. The number of furan rings is 1. The van der Waals surface area contributed by atoms with Crippen LogP contribution in [0.5, 0.6) is 0 Å². The summed E-state index contributed by atoms with van der Waals surface area (Å²) in [5, 5.41) is 4.82. The van der Waals surface area contributed by atoms with E-state index in [0.29, 0.717) is 17.2 Å². The third-order valence-corrected chi connectivity index (χ3v) is 4.27. The van der Waals surface area contributed by atoms with Gasteiger partial charge in [0.2, 0.25) is 0 Å². The highest BCUT2D eigenvalue weighted by molar-refractivity contribution is 7.15. The van der Waals surface area contributed by atoms with Gasteiger partial charge < -0.3 is 9.73 Å². The van der Waals surface area contributed by atoms with E-state index in [1.54, 1.807) is 30.4 Å². The fraction of sp³-hybridized carbons (Fsp3) is 0.0588. The lowest BCUT2D eigenvalue weighted by atomic mass is 10.1. The Morgan fingerprint density at radius 1 is 1.22 bits per heavy atom. The van der Waals surface area contributed by atoms with Gasteiger partial charge in [0.25, 0.3) is 5.91 Å². The number of fused-ring (bicyclic) bond motifs is 1. The van der Waals surface area contributed by atoms with Crippen molar-refractivity contribution in [3.8, 4) is 11.3 Å². The third-order valence-electron chi connectivity index (χ3n) is 3.50. The quantitative estimate of drug-likeness (QED) is 0.614. The molecule has 1 aromatic carbocycles. The number of carbonyl (C=O) groups excluding carboxylic acids is 1. The minimum Gasteiger partial charge on any atom is -0.456 e. The van der Waals surface area contributed by atoms with E-state index in [-0.39, 0.29) is 5.91 Å². The smallest absolute Gasteiger partial charge is 0.291 e. The first-order chi connectivity index (χ1) is 11.2. The highest BCUT2D eigenvalue weighted by Crippen LogP contribution is 2.23. The van der Waals surface area contributed by atoms with Crippen molar-refractivity contribution in [1.82, 2.24) is 9.38 Å². The molecule has 0 saturated heterocycles. The van der Waals surface area contributed by atoms with Gasteiger partial charge in [0, 0.05) is 29.0 Å². The molecule has 0 saturated carbocycles. The Kier molecular flexibility index (Phi) is 3.24. The summed E-state index contributed by atoms with van der Waals surface area (Å²) in [5.41, 5.74) is 2.64. The SMILES string of the molecule is Cc1ccc(C(=O)Nc2ccc(-c3cn4ccsc4n3)cc2)o1. The molecule has 1 N–H and O–H groups in total. The number of carbonyl (C=O) groups is 1. The standard InChI is InChI=1S/C17H13N3O2S/c1-11-2-7-15(22-11)16(21)18-13-5-3-12(4-6-13)14-10-20-8-9-23-17(20)19-14/h2-10H,1H3,(H,18,21). The average Bonchev–Trinajstić information content (AvgIpc) is 3.23. The van der Waals surface area contributed by atoms with Gasteiger partial charge in [-0.15, -0.1) is 11.3 Å². The zero-order valence-electron chi connectivity index (χ0n) is 12.3. The molecule has 3 heterocycles. The van der Waals surface area contributed by atoms with Crippen molar-refractivity contribution in [2.45, 2.75) is 6.92 Å². The molecule has 6 heteroatoms. The summed E-state index contributed by atoms with van der Waals surface area (Å²) in [7, 11) is 0. The molecule has 0 atom stereocenters. The Morgan fingerprint density at radius 3 is 2.74 bits per heavy atom. The summed E-state index contributed by atoms with van der Waals surface area (Å²) in [6, 6.07) is 11.0. The minimum atomic E-state index is -0.256. The highest BCUT2D eigenvalue weighted by Gasteiger charge is 2.10. The van der Waals surface area contributed by atoms with Crippen molar-refractivity contribution in [3.63, 3.8) is 0 Å². The lowest BCUT2D eigenvalue weighted by Gasteiger charge is -2.04. The summed E-state index contributed by atoms with van der Waals surface area (Å²) >= 11 is 1.60. The third kappa shape index (κ3) is 2.64. The molecule has 4 aromatic rings. The van der Waals surface area contributed by atoms with E-state index in [2.05, 4.69) is 10.3 Å². The van der Waals surface area contributed by atoms with E-state index in [9.17, 15) is 4.79 Å². The number of imidazole rings is 1. The molecule has 0 spiro atoms. The maximum Gasteiger partial charge on any atom is 0.291 e. The van der Waals surface area contributed by atoms with Crippen LogP contribution in [0, 0.1) is 6.92 Å². The lowest BCUT2D eigenvalue weighted by molar-refractivity contribution is 0.0995. The molecule has 0 fully saturated rings. The molecule has 1 amide bonds. The number of aromatic nitrogens is 2. The molecule has 0 aliphatic carbocycles. The van der Waals surface area contributed by atoms with Crippen molar-refractivity contribution in [2.75, 3.05) is 5.32 Å². The van der Waals surface area contributed by atoms with Crippen LogP contribution >= 0.6 is 11.3 Å². The molecule has 0 radical (unpaired) electrons. The Balaban J connectivity index is 1.53. The monoisotopic (exact) mass is 323 g/mol.